The SMILES string of the molecule is CNC1CCCC1CCN1CCCC1C. The summed E-state index contributed by atoms with van der Waals surface area (Å²) in [6.45, 7) is 5.07. The molecule has 2 heteroatoms. The molecule has 3 unspecified atom stereocenters. The third-order valence-electron chi connectivity index (χ3n) is 4.51. The van der Waals surface area contributed by atoms with Crippen LogP contribution in [-0.2, 0) is 0 Å². The maximum atomic E-state index is 3.48. The second-order valence-electron chi connectivity index (χ2n) is 5.40. The van der Waals surface area contributed by atoms with E-state index in [9.17, 15) is 0 Å². The van der Waals surface area contributed by atoms with E-state index in [0.717, 1.165) is 18.0 Å². The molecular weight excluding hydrogens is 184 g/mol. The molecule has 1 saturated heterocycles. The summed E-state index contributed by atoms with van der Waals surface area (Å²) in [7, 11) is 2.13. The Labute approximate surface area is 94.4 Å². The van der Waals surface area contributed by atoms with Gasteiger partial charge < -0.3 is 10.2 Å². The Bertz CT molecular complexity index is 193. The second-order valence-corrected chi connectivity index (χ2v) is 5.40. The van der Waals surface area contributed by atoms with E-state index in [2.05, 4.69) is 24.2 Å². The van der Waals surface area contributed by atoms with Crippen LogP contribution < -0.4 is 5.32 Å². The van der Waals surface area contributed by atoms with Gasteiger partial charge in [0.25, 0.3) is 0 Å². The lowest BCUT2D eigenvalue weighted by Gasteiger charge is -2.25. The predicted molar refractivity (Wildman–Crippen MR) is 65.1 cm³/mol. The van der Waals surface area contributed by atoms with Crippen LogP contribution in [0.25, 0.3) is 0 Å². The fourth-order valence-electron chi connectivity index (χ4n) is 3.42. The van der Waals surface area contributed by atoms with E-state index in [0.29, 0.717) is 0 Å². The van der Waals surface area contributed by atoms with Gasteiger partial charge in [0.2, 0.25) is 0 Å². The molecule has 1 heterocycles. The number of rotatable bonds is 4. The van der Waals surface area contributed by atoms with Gasteiger partial charge in [-0.15, -0.1) is 0 Å². The van der Waals surface area contributed by atoms with Crippen molar-refractivity contribution in [2.75, 3.05) is 20.1 Å². The molecule has 0 aromatic carbocycles. The van der Waals surface area contributed by atoms with Crippen LogP contribution in [-0.4, -0.2) is 37.1 Å². The van der Waals surface area contributed by atoms with Gasteiger partial charge in [0.05, 0.1) is 0 Å². The first-order chi connectivity index (χ1) is 7.31. The van der Waals surface area contributed by atoms with Gasteiger partial charge in [-0.1, -0.05) is 6.42 Å². The fourth-order valence-corrected chi connectivity index (χ4v) is 3.42. The minimum atomic E-state index is 0.808. The van der Waals surface area contributed by atoms with Gasteiger partial charge in [-0.2, -0.15) is 0 Å². The number of nitrogens with zero attached hydrogens (tertiary/aromatic N) is 1. The highest BCUT2D eigenvalue weighted by atomic mass is 15.2. The van der Waals surface area contributed by atoms with Crippen LogP contribution in [0.1, 0.15) is 45.4 Å². The highest BCUT2D eigenvalue weighted by Gasteiger charge is 2.27. The predicted octanol–water partition coefficient (Wildman–Crippen LogP) is 2.25. The smallest absolute Gasteiger partial charge is 0.00928 e. The van der Waals surface area contributed by atoms with Crippen molar-refractivity contribution in [1.82, 2.24) is 10.2 Å². The van der Waals surface area contributed by atoms with E-state index in [1.807, 2.05) is 0 Å². The molecule has 3 atom stereocenters. The lowest BCUT2D eigenvalue weighted by atomic mass is 9.99. The van der Waals surface area contributed by atoms with E-state index in [4.69, 9.17) is 0 Å². The highest BCUT2D eigenvalue weighted by molar-refractivity contribution is 4.84. The topological polar surface area (TPSA) is 15.3 Å². The number of hydrogen-bond acceptors (Lipinski definition) is 2. The summed E-state index contributed by atoms with van der Waals surface area (Å²) < 4.78 is 0. The molecule has 1 aliphatic heterocycles. The molecule has 15 heavy (non-hydrogen) atoms. The van der Waals surface area contributed by atoms with E-state index in [1.165, 1.54) is 51.6 Å². The van der Waals surface area contributed by atoms with E-state index in [1.54, 1.807) is 0 Å². The molecule has 2 fully saturated rings. The van der Waals surface area contributed by atoms with Crippen LogP contribution in [0.4, 0.5) is 0 Å². The zero-order valence-electron chi connectivity index (χ0n) is 10.3. The molecule has 0 radical (unpaired) electrons. The van der Waals surface area contributed by atoms with Crippen molar-refractivity contribution in [1.29, 1.82) is 0 Å². The molecule has 2 aliphatic rings. The molecule has 1 N–H and O–H groups in total. The standard InChI is InChI=1S/C13H26N2/c1-11-5-4-9-15(11)10-8-12-6-3-7-13(12)14-2/h11-14H,3-10H2,1-2H3. The minimum Gasteiger partial charge on any atom is -0.317 e. The van der Waals surface area contributed by atoms with Crippen LogP contribution in [0.2, 0.25) is 0 Å². The average Bonchev–Trinajstić information content (AvgIpc) is 2.83. The van der Waals surface area contributed by atoms with Crippen molar-refractivity contribution < 1.29 is 0 Å². The van der Waals surface area contributed by atoms with Gasteiger partial charge in [-0.25, -0.2) is 0 Å². The lowest BCUT2D eigenvalue weighted by molar-refractivity contribution is 0.238. The Morgan fingerprint density at radius 2 is 2.07 bits per heavy atom. The zero-order valence-corrected chi connectivity index (χ0v) is 10.3. The van der Waals surface area contributed by atoms with Crippen LogP contribution in [0, 0.1) is 5.92 Å². The summed E-state index contributed by atoms with van der Waals surface area (Å²) >= 11 is 0. The highest BCUT2D eigenvalue weighted by Crippen LogP contribution is 2.29. The van der Waals surface area contributed by atoms with Crippen molar-refractivity contribution in [2.45, 2.75) is 57.5 Å². The van der Waals surface area contributed by atoms with E-state index in [-0.39, 0.29) is 0 Å². The summed E-state index contributed by atoms with van der Waals surface area (Å²) in [6.07, 6.45) is 8.54. The third kappa shape index (κ3) is 2.73. The molecule has 0 amide bonds. The molecule has 88 valence electrons. The summed E-state index contributed by atoms with van der Waals surface area (Å²) in [5, 5.41) is 3.48. The molecule has 0 aromatic rings. The molecule has 2 nitrogen and oxygen atoms in total. The molecule has 2 rings (SSSR count). The van der Waals surface area contributed by atoms with Gasteiger partial charge >= 0.3 is 0 Å². The van der Waals surface area contributed by atoms with Crippen molar-refractivity contribution in [2.24, 2.45) is 5.92 Å². The molecule has 0 aromatic heterocycles. The van der Waals surface area contributed by atoms with Crippen molar-refractivity contribution in [3.8, 4) is 0 Å². The van der Waals surface area contributed by atoms with Crippen molar-refractivity contribution in [3.63, 3.8) is 0 Å². The average molecular weight is 210 g/mol. The Morgan fingerprint density at radius 3 is 2.73 bits per heavy atom. The Hall–Kier alpha value is -0.0800. The zero-order chi connectivity index (χ0) is 10.7. The molecular formula is C13H26N2. The summed E-state index contributed by atoms with van der Waals surface area (Å²) in [5.74, 6) is 0.947. The fraction of sp³-hybridized carbons (Fsp3) is 1.00. The number of likely N-dealkylation sites (tertiary alicyclic amines) is 1. The van der Waals surface area contributed by atoms with Crippen LogP contribution in [0.15, 0.2) is 0 Å². The first-order valence-corrected chi connectivity index (χ1v) is 6.72. The third-order valence-corrected chi connectivity index (χ3v) is 4.51. The molecule has 0 spiro atoms. The number of nitrogens with one attached hydrogen (secondary N) is 1. The first kappa shape index (κ1) is 11.4. The Balaban J connectivity index is 1.72. The molecule has 1 saturated carbocycles. The summed E-state index contributed by atoms with van der Waals surface area (Å²) in [6, 6.07) is 1.65. The van der Waals surface area contributed by atoms with Crippen LogP contribution in [0.3, 0.4) is 0 Å². The monoisotopic (exact) mass is 210 g/mol. The van der Waals surface area contributed by atoms with Crippen LogP contribution >= 0.6 is 0 Å². The van der Waals surface area contributed by atoms with Gasteiger partial charge in [0, 0.05) is 12.1 Å². The minimum absolute atomic E-state index is 0.808. The van der Waals surface area contributed by atoms with Gasteiger partial charge in [-0.05, 0) is 65.1 Å². The lowest BCUT2D eigenvalue weighted by Crippen LogP contribution is -2.34. The maximum absolute atomic E-state index is 3.48. The Morgan fingerprint density at radius 1 is 1.20 bits per heavy atom. The van der Waals surface area contributed by atoms with Gasteiger partial charge in [0.1, 0.15) is 0 Å². The maximum Gasteiger partial charge on any atom is 0.00928 e. The first-order valence-electron chi connectivity index (χ1n) is 6.72. The largest absolute Gasteiger partial charge is 0.317 e. The van der Waals surface area contributed by atoms with Gasteiger partial charge in [0.15, 0.2) is 0 Å². The summed E-state index contributed by atoms with van der Waals surface area (Å²) in [4.78, 5) is 2.69. The molecule has 1 aliphatic carbocycles. The quantitative estimate of drug-likeness (QED) is 0.765. The van der Waals surface area contributed by atoms with Crippen molar-refractivity contribution >= 4 is 0 Å². The second kappa shape index (κ2) is 5.31. The number of hydrogen-bond donors (Lipinski definition) is 1. The van der Waals surface area contributed by atoms with E-state index < -0.39 is 0 Å². The normalized spacial score (nSPS) is 37.6. The Kier molecular flexibility index (Phi) is 4.04. The summed E-state index contributed by atoms with van der Waals surface area (Å²) in [5.41, 5.74) is 0. The van der Waals surface area contributed by atoms with Gasteiger partial charge in [-0.3, -0.25) is 0 Å². The van der Waals surface area contributed by atoms with Crippen LogP contribution in [0.5, 0.6) is 0 Å². The van der Waals surface area contributed by atoms with E-state index >= 15 is 0 Å². The van der Waals surface area contributed by atoms with Crippen molar-refractivity contribution in [3.05, 3.63) is 0 Å². The molecule has 0 bridgehead atoms.